The SMILES string of the molecule is Cc1ccn(-c2ccc(B3OC(C)(C)C(C)(C)O3)c(C#N)c2)n1. The van der Waals surface area contributed by atoms with Crippen molar-refractivity contribution in [2.45, 2.75) is 45.8 Å². The molecule has 1 aliphatic rings. The summed E-state index contributed by atoms with van der Waals surface area (Å²) in [5.41, 5.74) is 2.20. The van der Waals surface area contributed by atoms with Crippen LogP contribution in [0, 0.1) is 18.3 Å². The van der Waals surface area contributed by atoms with E-state index in [1.54, 1.807) is 4.68 Å². The molecule has 0 saturated carbocycles. The Morgan fingerprint density at radius 3 is 2.30 bits per heavy atom. The van der Waals surface area contributed by atoms with Crippen molar-refractivity contribution >= 4 is 12.6 Å². The minimum absolute atomic E-state index is 0.428. The second kappa shape index (κ2) is 5.22. The van der Waals surface area contributed by atoms with Gasteiger partial charge in [0.05, 0.1) is 34.2 Å². The Morgan fingerprint density at radius 1 is 1.13 bits per heavy atom. The molecule has 2 aromatic rings. The van der Waals surface area contributed by atoms with E-state index < -0.39 is 18.3 Å². The van der Waals surface area contributed by atoms with Crippen LogP contribution in [0.3, 0.4) is 0 Å². The van der Waals surface area contributed by atoms with Gasteiger partial charge in [-0.25, -0.2) is 4.68 Å². The van der Waals surface area contributed by atoms with Crippen LogP contribution in [0.5, 0.6) is 0 Å². The van der Waals surface area contributed by atoms with Crippen molar-refractivity contribution < 1.29 is 9.31 Å². The second-order valence-corrected chi connectivity index (χ2v) is 6.87. The summed E-state index contributed by atoms with van der Waals surface area (Å²) in [6, 6.07) is 9.79. The molecule has 23 heavy (non-hydrogen) atoms. The van der Waals surface area contributed by atoms with Gasteiger partial charge in [-0.1, -0.05) is 6.07 Å². The molecule has 0 radical (unpaired) electrons. The second-order valence-electron chi connectivity index (χ2n) is 6.87. The number of rotatable bonds is 2. The first-order chi connectivity index (χ1) is 10.7. The summed E-state index contributed by atoms with van der Waals surface area (Å²) in [6.45, 7) is 9.93. The molecule has 2 heterocycles. The van der Waals surface area contributed by atoms with Gasteiger partial charge >= 0.3 is 7.12 Å². The van der Waals surface area contributed by atoms with E-state index in [4.69, 9.17) is 9.31 Å². The summed E-state index contributed by atoms with van der Waals surface area (Å²) in [5, 5.41) is 13.9. The molecule has 0 spiro atoms. The zero-order valence-electron chi connectivity index (χ0n) is 14.1. The van der Waals surface area contributed by atoms with E-state index >= 15 is 0 Å². The molecular formula is C17H20BN3O2. The van der Waals surface area contributed by atoms with Crippen molar-refractivity contribution in [1.29, 1.82) is 5.26 Å². The van der Waals surface area contributed by atoms with E-state index in [0.717, 1.165) is 16.8 Å². The van der Waals surface area contributed by atoms with Crippen LogP contribution in [0.1, 0.15) is 39.0 Å². The molecule has 118 valence electrons. The topological polar surface area (TPSA) is 60.1 Å². The first kappa shape index (κ1) is 15.8. The van der Waals surface area contributed by atoms with Gasteiger partial charge in [0.1, 0.15) is 0 Å². The average Bonchev–Trinajstić information content (AvgIpc) is 3.00. The molecular weight excluding hydrogens is 289 g/mol. The normalized spacial score (nSPS) is 18.9. The molecule has 1 aromatic carbocycles. The van der Waals surface area contributed by atoms with Crippen molar-refractivity contribution in [2.75, 3.05) is 0 Å². The Bertz CT molecular complexity index is 773. The predicted octanol–water partition coefficient (Wildman–Crippen LogP) is 2.35. The smallest absolute Gasteiger partial charge is 0.399 e. The lowest BCUT2D eigenvalue weighted by molar-refractivity contribution is 0.00578. The third kappa shape index (κ3) is 2.67. The molecule has 0 aliphatic carbocycles. The summed E-state index contributed by atoms with van der Waals surface area (Å²) in [7, 11) is -0.539. The van der Waals surface area contributed by atoms with Gasteiger partial charge in [-0.15, -0.1) is 0 Å². The van der Waals surface area contributed by atoms with Crippen LogP contribution < -0.4 is 5.46 Å². The Kier molecular flexibility index (Phi) is 3.59. The van der Waals surface area contributed by atoms with Gasteiger partial charge in [0.25, 0.3) is 0 Å². The highest BCUT2D eigenvalue weighted by Crippen LogP contribution is 2.36. The lowest BCUT2D eigenvalue weighted by Crippen LogP contribution is -2.41. The fraction of sp³-hybridized carbons (Fsp3) is 0.412. The van der Waals surface area contributed by atoms with Gasteiger partial charge in [-0.3, -0.25) is 0 Å². The highest BCUT2D eigenvalue weighted by Gasteiger charge is 2.52. The monoisotopic (exact) mass is 309 g/mol. The molecule has 0 N–H and O–H groups in total. The van der Waals surface area contributed by atoms with E-state index in [9.17, 15) is 5.26 Å². The average molecular weight is 309 g/mol. The van der Waals surface area contributed by atoms with Crippen molar-refractivity contribution in [3.8, 4) is 11.8 Å². The number of benzene rings is 1. The van der Waals surface area contributed by atoms with Crippen LogP contribution in [-0.2, 0) is 9.31 Å². The Hall–Kier alpha value is -2.10. The number of aromatic nitrogens is 2. The van der Waals surface area contributed by atoms with E-state index in [1.807, 2.05) is 65.1 Å². The molecule has 6 heteroatoms. The standard InChI is InChI=1S/C17H20BN3O2/c1-12-8-9-21(20-12)14-6-7-15(13(10-14)11-19)18-22-16(2,3)17(4,5)23-18/h6-10H,1-5H3. The van der Waals surface area contributed by atoms with E-state index in [-0.39, 0.29) is 0 Å². The fourth-order valence-electron chi connectivity index (χ4n) is 2.52. The summed E-state index contributed by atoms with van der Waals surface area (Å²) >= 11 is 0. The fourth-order valence-corrected chi connectivity index (χ4v) is 2.52. The lowest BCUT2D eigenvalue weighted by atomic mass is 9.76. The minimum Gasteiger partial charge on any atom is -0.399 e. The minimum atomic E-state index is -0.539. The first-order valence-electron chi connectivity index (χ1n) is 7.66. The summed E-state index contributed by atoms with van der Waals surface area (Å²) in [5.74, 6) is 0. The van der Waals surface area contributed by atoms with Crippen LogP contribution in [0.15, 0.2) is 30.5 Å². The first-order valence-corrected chi connectivity index (χ1v) is 7.66. The van der Waals surface area contributed by atoms with E-state index in [1.165, 1.54) is 0 Å². The van der Waals surface area contributed by atoms with Gasteiger partial charge in [0.15, 0.2) is 0 Å². The highest BCUT2D eigenvalue weighted by molar-refractivity contribution is 6.62. The lowest BCUT2D eigenvalue weighted by Gasteiger charge is -2.32. The Morgan fingerprint density at radius 2 is 1.78 bits per heavy atom. The molecule has 0 amide bonds. The summed E-state index contributed by atoms with van der Waals surface area (Å²) in [4.78, 5) is 0. The summed E-state index contributed by atoms with van der Waals surface area (Å²) < 4.78 is 13.8. The van der Waals surface area contributed by atoms with Gasteiger partial charge < -0.3 is 9.31 Å². The molecule has 0 bridgehead atoms. The molecule has 1 aliphatic heterocycles. The maximum Gasteiger partial charge on any atom is 0.496 e. The largest absolute Gasteiger partial charge is 0.496 e. The van der Waals surface area contributed by atoms with Crippen molar-refractivity contribution in [2.24, 2.45) is 0 Å². The molecule has 1 fully saturated rings. The number of hydrogen-bond acceptors (Lipinski definition) is 4. The molecule has 5 nitrogen and oxygen atoms in total. The van der Waals surface area contributed by atoms with Crippen LogP contribution >= 0.6 is 0 Å². The number of nitrogens with zero attached hydrogens (tertiary/aromatic N) is 3. The zero-order chi connectivity index (χ0) is 16.8. The van der Waals surface area contributed by atoms with Crippen LogP contribution in [0.2, 0.25) is 0 Å². The van der Waals surface area contributed by atoms with Gasteiger partial charge in [-0.2, -0.15) is 10.4 Å². The van der Waals surface area contributed by atoms with Crippen molar-refractivity contribution in [1.82, 2.24) is 9.78 Å². The number of hydrogen-bond donors (Lipinski definition) is 0. The predicted molar refractivity (Wildman–Crippen MR) is 88.7 cm³/mol. The Balaban J connectivity index is 1.98. The van der Waals surface area contributed by atoms with Gasteiger partial charge in [0.2, 0.25) is 0 Å². The van der Waals surface area contributed by atoms with E-state index in [2.05, 4.69) is 11.2 Å². The number of aryl methyl sites for hydroxylation is 1. The van der Waals surface area contributed by atoms with Gasteiger partial charge in [-0.05, 0) is 52.8 Å². The molecule has 0 atom stereocenters. The highest BCUT2D eigenvalue weighted by atomic mass is 16.7. The Labute approximate surface area is 137 Å². The maximum absolute atomic E-state index is 9.52. The molecule has 1 saturated heterocycles. The third-order valence-corrected chi connectivity index (χ3v) is 4.65. The van der Waals surface area contributed by atoms with Crippen LogP contribution in [0.25, 0.3) is 5.69 Å². The molecule has 3 rings (SSSR count). The number of nitriles is 1. The molecule has 1 aromatic heterocycles. The van der Waals surface area contributed by atoms with E-state index in [0.29, 0.717) is 5.56 Å². The maximum atomic E-state index is 9.52. The molecule has 0 unspecified atom stereocenters. The van der Waals surface area contributed by atoms with Gasteiger partial charge in [0, 0.05) is 11.7 Å². The van der Waals surface area contributed by atoms with Crippen LogP contribution in [0.4, 0.5) is 0 Å². The quantitative estimate of drug-likeness (QED) is 0.799. The zero-order valence-corrected chi connectivity index (χ0v) is 14.1. The third-order valence-electron chi connectivity index (χ3n) is 4.65. The van der Waals surface area contributed by atoms with Crippen molar-refractivity contribution in [3.05, 3.63) is 41.7 Å². The van der Waals surface area contributed by atoms with Crippen LogP contribution in [-0.4, -0.2) is 28.1 Å². The summed E-state index contributed by atoms with van der Waals surface area (Å²) in [6.07, 6.45) is 1.88. The van der Waals surface area contributed by atoms with Crippen molar-refractivity contribution in [3.63, 3.8) is 0 Å².